The van der Waals surface area contributed by atoms with Crippen molar-refractivity contribution in [3.63, 3.8) is 0 Å². The van der Waals surface area contributed by atoms with Gasteiger partial charge in [0.25, 0.3) is 5.91 Å². The molecule has 1 aliphatic rings. The van der Waals surface area contributed by atoms with Gasteiger partial charge in [-0.3, -0.25) is 23.6 Å². The van der Waals surface area contributed by atoms with E-state index in [4.69, 9.17) is 9.72 Å². The SMILES string of the molecule is COC(=O)CNc1c(-c2ccc(NC(C)=O)cc2)nc2cc(C(=O)NC(CC(=O)O)C3CCCCC3)ccn12. The van der Waals surface area contributed by atoms with E-state index in [1.165, 1.54) is 14.0 Å². The van der Waals surface area contributed by atoms with Crippen molar-refractivity contribution in [2.45, 2.75) is 51.5 Å². The zero-order valence-corrected chi connectivity index (χ0v) is 22.0. The van der Waals surface area contributed by atoms with E-state index in [0.29, 0.717) is 28.4 Å². The highest BCUT2D eigenvalue weighted by atomic mass is 16.5. The predicted molar refractivity (Wildman–Crippen MR) is 146 cm³/mol. The molecule has 2 amide bonds. The molecule has 4 rings (SSSR count). The summed E-state index contributed by atoms with van der Waals surface area (Å²) in [5.74, 6) is -1.28. The minimum atomic E-state index is -0.940. The molecule has 1 unspecified atom stereocenters. The van der Waals surface area contributed by atoms with E-state index in [-0.39, 0.29) is 30.7 Å². The summed E-state index contributed by atoms with van der Waals surface area (Å²) in [4.78, 5) is 52.6. The van der Waals surface area contributed by atoms with Crippen molar-refractivity contribution in [1.29, 1.82) is 0 Å². The number of hydrogen-bond acceptors (Lipinski definition) is 7. The lowest BCUT2D eigenvalue weighted by Crippen LogP contribution is -2.42. The Bertz CT molecular complexity index is 1360. The van der Waals surface area contributed by atoms with E-state index in [2.05, 4.69) is 16.0 Å². The molecule has 1 aliphatic carbocycles. The third-order valence-corrected chi connectivity index (χ3v) is 6.92. The van der Waals surface area contributed by atoms with Crippen LogP contribution in [-0.2, 0) is 19.1 Å². The van der Waals surface area contributed by atoms with E-state index in [0.717, 1.165) is 37.7 Å². The Hall–Kier alpha value is -4.41. The van der Waals surface area contributed by atoms with Gasteiger partial charge in [0.1, 0.15) is 23.7 Å². The molecular formula is C28H33N5O6. The minimum absolute atomic E-state index is 0.0955. The van der Waals surface area contributed by atoms with Crippen LogP contribution < -0.4 is 16.0 Å². The fourth-order valence-corrected chi connectivity index (χ4v) is 5.01. The summed E-state index contributed by atoms with van der Waals surface area (Å²) in [5, 5.41) is 18.2. The van der Waals surface area contributed by atoms with Gasteiger partial charge in [0.15, 0.2) is 0 Å². The number of aliphatic carboxylic acids is 1. The van der Waals surface area contributed by atoms with Crippen LogP contribution in [0.15, 0.2) is 42.6 Å². The number of amides is 2. The van der Waals surface area contributed by atoms with Crippen molar-refractivity contribution in [3.8, 4) is 11.3 Å². The normalized spacial score (nSPS) is 14.4. The number of carbonyl (C=O) groups excluding carboxylic acids is 3. The Balaban J connectivity index is 1.64. The molecule has 1 saturated carbocycles. The summed E-state index contributed by atoms with van der Waals surface area (Å²) in [6.07, 6.45) is 6.55. The number of carbonyl (C=O) groups is 4. The third-order valence-electron chi connectivity index (χ3n) is 6.92. The highest BCUT2D eigenvalue weighted by molar-refractivity contribution is 5.96. The maximum absolute atomic E-state index is 13.2. The Labute approximate surface area is 225 Å². The van der Waals surface area contributed by atoms with Gasteiger partial charge in [-0.25, -0.2) is 4.98 Å². The number of benzene rings is 1. The summed E-state index contributed by atoms with van der Waals surface area (Å²) in [6.45, 7) is 1.33. The van der Waals surface area contributed by atoms with E-state index in [1.807, 2.05) is 0 Å². The first kappa shape index (κ1) is 27.6. The van der Waals surface area contributed by atoms with Crippen LogP contribution in [0.3, 0.4) is 0 Å². The van der Waals surface area contributed by atoms with Gasteiger partial charge in [-0.1, -0.05) is 31.4 Å². The number of aromatic nitrogens is 2. The Kier molecular flexibility index (Phi) is 8.80. The fraction of sp³-hybridized carbons (Fsp3) is 0.393. The first-order valence-electron chi connectivity index (χ1n) is 13.0. The average Bonchev–Trinajstić information content (AvgIpc) is 3.29. The van der Waals surface area contributed by atoms with Crippen LogP contribution in [0.25, 0.3) is 16.9 Å². The highest BCUT2D eigenvalue weighted by Crippen LogP contribution is 2.31. The molecular weight excluding hydrogens is 502 g/mol. The second kappa shape index (κ2) is 12.4. The molecule has 4 N–H and O–H groups in total. The van der Waals surface area contributed by atoms with E-state index < -0.39 is 18.0 Å². The van der Waals surface area contributed by atoms with Crippen LogP contribution in [0.5, 0.6) is 0 Å². The number of hydrogen-bond donors (Lipinski definition) is 4. The van der Waals surface area contributed by atoms with Crippen molar-refractivity contribution in [2.24, 2.45) is 5.92 Å². The van der Waals surface area contributed by atoms with Crippen molar-refractivity contribution < 1.29 is 29.0 Å². The molecule has 206 valence electrons. The molecule has 1 fully saturated rings. The topological polar surface area (TPSA) is 151 Å². The lowest BCUT2D eigenvalue weighted by atomic mass is 9.82. The number of ether oxygens (including phenoxy) is 1. The van der Waals surface area contributed by atoms with Crippen molar-refractivity contribution in [1.82, 2.24) is 14.7 Å². The Morgan fingerprint density at radius 2 is 1.82 bits per heavy atom. The Morgan fingerprint density at radius 3 is 2.46 bits per heavy atom. The van der Waals surface area contributed by atoms with Gasteiger partial charge in [-0.05, 0) is 43.0 Å². The number of carboxylic acid groups (broad SMARTS) is 1. The fourth-order valence-electron chi connectivity index (χ4n) is 5.01. The number of carboxylic acids is 1. The van der Waals surface area contributed by atoms with Crippen molar-refractivity contribution in [3.05, 3.63) is 48.2 Å². The molecule has 39 heavy (non-hydrogen) atoms. The summed E-state index contributed by atoms with van der Waals surface area (Å²) < 4.78 is 6.49. The zero-order chi connectivity index (χ0) is 27.9. The molecule has 0 aliphatic heterocycles. The molecule has 0 radical (unpaired) electrons. The van der Waals surface area contributed by atoms with Gasteiger partial charge in [-0.2, -0.15) is 0 Å². The lowest BCUT2D eigenvalue weighted by molar-refractivity contribution is -0.139. The van der Waals surface area contributed by atoms with E-state index >= 15 is 0 Å². The lowest BCUT2D eigenvalue weighted by Gasteiger charge is -2.30. The maximum atomic E-state index is 13.2. The van der Waals surface area contributed by atoms with E-state index in [1.54, 1.807) is 47.0 Å². The van der Waals surface area contributed by atoms with Crippen LogP contribution in [-0.4, -0.2) is 57.9 Å². The van der Waals surface area contributed by atoms with Crippen LogP contribution in [0.1, 0.15) is 55.8 Å². The molecule has 1 atom stereocenters. The number of nitrogens with zero attached hydrogens (tertiary/aromatic N) is 2. The largest absolute Gasteiger partial charge is 0.481 e. The number of anilines is 2. The smallest absolute Gasteiger partial charge is 0.325 e. The molecule has 2 heterocycles. The average molecular weight is 536 g/mol. The van der Waals surface area contributed by atoms with Gasteiger partial charge >= 0.3 is 11.9 Å². The summed E-state index contributed by atoms with van der Waals surface area (Å²) >= 11 is 0. The molecule has 0 spiro atoms. The number of pyridine rings is 1. The first-order valence-corrected chi connectivity index (χ1v) is 13.0. The molecule has 2 aromatic heterocycles. The minimum Gasteiger partial charge on any atom is -0.481 e. The number of fused-ring (bicyclic) bond motifs is 1. The van der Waals surface area contributed by atoms with Crippen LogP contribution in [0, 0.1) is 5.92 Å². The second-order valence-corrected chi connectivity index (χ2v) is 9.72. The summed E-state index contributed by atoms with van der Waals surface area (Å²) in [6, 6.07) is 9.91. The number of rotatable bonds is 10. The van der Waals surface area contributed by atoms with Crippen LogP contribution in [0.4, 0.5) is 11.5 Å². The van der Waals surface area contributed by atoms with Crippen LogP contribution in [0.2, 0.25) is 0 Å². The number of methoxy groups -OCH3 is 1. The van der Waals surface area contributed by atoms with Gasteiger partial charge in [-0.15, -0.1) is 0 Å². The van der Waals surface area contributed by atoms with Gasteiger partial charge in [0, 0.05) is 36.0 Å². The molecule has 0 bridgehead atoms. The Morgan fingerprint density at radius 1 is 1.10 bits per heavy atom. The third kappa shape index (κ3) is 6.92. The molecule has 3 aromatic rings. The highest BCUT2D eigenvalue weighted by Gasteiger charge is 2.28. The maximum Gasteiger partial charge on any atom is 0.325 e. The van der Waals surface area contributed by atoms with E-state index in [9.17, 15) is 24.3 Å². The van der Waals surface area contributed by atoms with Crippen molar-refractivity contribution >= 4 is 40.9 Å². The summed E-state index contributed by atoms with van der Waals surface area (Å²) in [5.41, 5.74) is 2.71. The first-order chi connectivity index (χ1) is 18.7. The number of nitrogens with one attached hydrogen (secondary N) is 3. The summed E-state index contributed by atoms with van der Waals surface area (Å²) in [7, 11) is 1.30. The second-order valence-electron chi connectivity index (χ2n) is 9.72. The van der Waals surface area contributed by atoms with Gasteiger partial charge < -0.3 is 25.8 Å². The standard InChI is InChI=1S/C28H33N5O6/c1-17(34)30-21-10-8-19(9-11-21)26-27(29-16-25(37)39-2)33-13-12-20(14-23(33)32-26)28(38)31-22(15-24(35)36)18-6-4-3-5-7-18/h8-14,18,22,29H,3-7,15-16H2,1-2H3,(H,30,34)(H,31,38)(H,35,36). The van der Waals surface area contributed by atoms with Gasteiger partial charge in [0.2, 0.25) is 5.91 Å². The molecule has 11 heteroatoms. The quantitative estimate of drug-likeness (QED) is 0.287. The van der Waals surface area contributed by atoms with Crippen LogP contribution >= 0.6 is 0 Å². The van der Waals surface area contributed by atoms with Gasteiger partial charge in [0.05, 0.1) is 13.5 Å². The molecule has 11 nitrogen and oxygen atoms in total. The number of esters is 1. The predicted octanol–water partition coefficient (Wildman–Crippen LogP) is 3.70. The zero-order valence-electron chi connectivity index (χ0n) is 22.0. The number of imidazole rings is 1. The van der Waals surface area contributed by atoms with Crippen molar-refractivity contribution in [2.75, 3.05) is 24.3 Å². The molecule has 0 saturated heterocycles. The monoisotopic (exact) mass is 535 g/mol. The molecule has 1 aromatic carbocycles.